The fourth-order valence-electron chi connectivity index (χ4n) is 2.27. The molecule has 0 aromatic carbocycles. The Balaban J connectivity index is 1.79. The number of pyridine rings is 1. The van der Waals surface area contributed by atoms with E-state index in [2.05, 4.69) is 4.98 Å². The number of aromatic nitrogens is 1. The maximum Gasteiger partial charge on any atom is 0.260 e. The average molecular weight is 278 g/mol. The molecule has 1 saturated heterocycles. The molecule has 2 rings (SSSR count). The van der Waals surface area contributed by atoms with Crippen LogP contribution >= 0.6 is 0 Å². The molecule has 20 heavy (non-hydrogen) atoms. The van der Waals surface area contributed by atoms with Crippen molar-refractivity contribution in [3.8, 4) is 5.75 Å². The highest BCUT2D eigenvalue weighted by molar-refractivity contribution is 5.77. The number of ether oxygens (including phenoxy) is 2. The van der Waals surface area contributed by atoms with Gasteiger partial charge < -0.3 is 14.4 Å². The summed E-state index contributed by atoms with van der Waals surface area (Å²) >= 11 is 0. The summed E-state index contributed by atoms with van der Waals surface area (Å²) in [7, 11) is 0. The Bertz CT molecular complexity index is 405. The van der Waals surface area contributed by atoms with Gasteiger partial charge in [-0.25, -0.2) is 0 Å². The van der Waals surface area contributed by atoms with Gasteiger partial charge in [0.05, 0.1) is 12.3 Å². The minimum Gasteiger partial charge on any atom is -0.482 e. The molecule has 1 aromatic heterocycles. The minimum atomic E-state index is -0.00877. The first-order chi connectivity index (χ1) is 9.79. The zero-order valence-electron chi connectivity index (χ0n) is 12.0. The maximum atomic E-state index is 12.1. The first-order valence-corrected chi connectivity index (χ1v) is 7.21. The molecule has 0 unspecified atom stereocenters. The van der Waals surface area contributed by atoms with E-state index >= 15 is 0 Å². The van der Waals surface area contributed by atoms with Crippen LogP contribution in [-0.4, -0.2) is 48.2 Å². The van der Waals surface area contributed by atoms with E-state index in [4.69, 9.17) is 9.47 Å². The number of nitrogens with zero attached hydrogens (tertiary/aromatic N) is 2. The number of carbonyl (C=O) groups excluding carboxylic acids is 1. The Morgan fingerprint density at radius 2 is 2.45 bits per heavy atom. The lowest BCUT2D eigenvalue weighted by Crippen LogP contribution is -2.41. The summed E-state index contributed by atoms with van der Waals surface area (Å²) in [6.45, 7) is 4.17. The minimum absolute atomic E-state index is 0.00877. The van der Waals surface area contributed by atoms with Crippen LogP contribution < -0.4 is 4.74 Å². The van der Waals surface area contributed by atoms with E-state index in [0.717, 1.165) is 19.4 Å². The first-order valence-electron chi connectivity index (χ1n) is 7.21. The number of carbonyl (C=O) groups is 1. The first kappa shape index (κ1) is 14.8. The van der Waals surface area contributed by atoms with Gasteiger partial charge in [0.15, 0.2) is 6.61 Å². The monoisotopic (exact) mass is 278 g/mol. The van der Waals surface area contributed by atoms with Crippen molar-refractivity contribution in [3.05, 3.63) is 24.5 Å². The Kier molecular flexibility index (Phi) is 5.80. The molecule has 0 radical (unpaired) electrons. The normalized spacial score (nSPS) is 18.6. The lowest BCUT2D eigenvalue weighted by molar-refractivity contribution is -0.135. The molecule has 1 aliphatic heterocycles. The van der Waals surface area contributed by atoms with Crippen LogP contribution in [0.2, 0.25) is 0 Å². The lowest BCUT2D eigenvalue weighted by atomic mass is 10.1. The second kappa shape index (κ2) is 7.85. The zero-order chi connectivity index (χ0) is 14.2. The topological polar surface area (TPSA) is 51.7 Å². The maximum absolute atomic E-state index is 12.1. The predicted octanol–water partition coefficient (Wildman–Crippen LogP) is 1.88. The van der Waals surface area contributed by atoms with Gasteiger partial charge in [-0.05, 0) is 38.3 Å². The van der Waals surface area contributed by atoms with Gasteiger partial charge >= 0.3 is 0 Å². The molecule has 110 valence electrons. The van der Waals surface area contributed by atoms with E-state index in [1.807, 2.05) is 6.92 Å². The fourth-order valence-corrected chi connectivity index (χ4v) is 2.27. The van der Waals surface area contributed by atoms with E-state index in [1.165, 1.54) is 6.42 Å². The summed E-state index contributed by atoms with van der Waals surface area (Å²) in [6, 6.07) is 3.58. The highest BCUT2D eigenvalue weighted by Crippen LogP contribution is 2.14. The molecule has 5 nitrogen and oxygen atoms in total. The largest absolute Gasteiger partial charge is 0.482 e. The Labute approximate surface area is 119 Å². The highest BCUT2D eigenvalue weighted by Gasteiger charge is 2.20. The van der Waals surface area contributed by atoms with Crippen molar-refractivity contribution in [2.75, 3.05) is 26.3 Å². The van der Waals surface area contributed by atoms with Gasteiger partial charge in [-0.3, -0.25) is 9.78 Å². The third-order valence-electron chi connectivity index (χ3n) is 3.43. The summed E-state index contributed by atoms with van der Waals surface area (Å²) in [6.07, 6.45) is 6.80. The molecule has 0 saturated carbocycles. The standard InChI is InChI=1S/C15H22N2O3/c1-2-17(11-14-6-3-4-9-19-14)15(18)12-20-13-7-5-8-16-10-13/h5,7-8,10,14H,2-4,6,9,11-12H2,1H3/t14-/m1/s1. The third kappa shape index (κ3) is 4.49. The van der Waals surface area contributed by atoms with Crippen LogP contribution in [0.25, 0.3) is 0 Å². The Morgan fingerprint density at radius 1 is 1.55 bits per heavy atom. The van der Waals surface area contributed by atoms with Gasteiger partial charge in [-0.15, -0.1) is 0 Å². The van der Waals surface area contributed by atoms with Gasteiger partial charge in [-0.2, -0.15) is 0 Å². The number of hydrogen-bond acceptors (Lipinski definition) is 4. The van der Waals surface area contributed by atoms with Gasteiger partial charge in [0.1, 0.15) is 5.75 Å². The van der Waals surface area contributed by atoms with E-state index in [9.17, 15) is 4.79 Å². The zero-order valence-corrected chi connectivity index (χ0v) is 12.0. The molecule has 1 aliphatic rings. The van der Waals surface area contributed by atoms with Crippen molar-refractivity contribution in [1.29, 1.82) is 0 Å². The van der Waals surface area contributed by atoms with Crippen LogP contribution in [0.4, 0.5) is 0 Å². The Hall–Kier alpha value is -1.62. The third-order valence-corrected chi connectivity index (χ3v) is 3.43. The van der Waals surface area contributed by atoms with Crippen LogP contribution in [0, 0.1) is 0 Å². The second-order valence-electron chi connectivity index (χ2n) is 4.90. The Morgan fingerprint density at radius 3 is 3.10 bits per heavy atom. The van der Waals surface area contributed by atoms with Crippen molar-refractivity contribution in [2.45, 2.75) is 32.3 Å². The summed E-state index contributed by atoms with van der Waals surface area (Å²) in [5.74, 6) is 0.608. The van der Waals surface area contributed by atoms with Crippen molar-refractivity contribution in [3.63, 3.8) is 0 Å². The smallest absolute Gasteiger partial charge is 0.260 e. The number of hydrogen-bond donors (Lipinski definition) is 0. The summed E-state index contributed by atoms with van der Waals surface area (Å²) in [4.78, 5) is 17.9. The molecule has 0 bridgehead atoms. The van der Waals surface area contributed by atoms with Crippen LogP contribution in [0.3, 0.4) is 0 Å². The molecular weight excluding hydrogens is 256 g/mol. The number of rotatable bonds is 6. The molecule has 1 atom stereocenters. The van der Waals surface area contributed by atoms with Crippen molar-refractivity contribution >= 4 is 5.91 Å². The van der Waals surface area contributed by atoms with Crippen LogP contribution in [-0.2, 0) is 9.53 Å². The lowest BCUT2D eigenvalue weighted by Gasteiger charge is -2.29. The van der Waals surface area contributed by atoms with Crippen LogP contribution in [0.5, 0.6) is 5.75 Å². The molecule has 0 aliphatic carbocycles. The second-order valence-corrected chi connectivity index (χ2v) is 4.90. The van der Waals surface area contributed by atoms with Gasteiger partial charge in [0.2, 0.25) is 0 Å². The van der Waals surface area contributed by atoms with E-state index < -0.39 is 0 Å². The molecule has 2 heterocycles. The van der Waals surface area contributed by atoms with E-state index in [0.29, 0.717) is 18.8 Å². The molecule has 5 heteroatoms. The number of likely N-dealkylation sites (N-methyl/N-ethyl adjacent to an activating group) is 1. The number of amides is 1. The fraction of sp³-hybridized carbons (Fsp3) is 0.600. The van der Waals surface area contributed by atoms with E-state index in [-0.39, 0.29) is 18.6 Å². The molecule has 1 amide bonds. The average Bonchev–Trinajstić information content (AvgIpc) is 2.52. The summed E-state index contributed by atoms with van der Waals surface area (Å²) < 4.78 is 11.1. The molecule has 0 N–H and O–H groups in total. The highest BCUT2D eigenvalue weighted by atomic mass is 16.5. The molecular formula is C15H22N2O3. The van der Waals surface area contributed by atoms with Crippen LogP contribution in [0.15, 0.2) is 24.5 Å². The van der Waals surface area contributed by atoms with Crippen molar-refractivity contribution < 1.29 is 14.3 Å². The quantitative estimate of drug-likeness (QED) is 0.797. The van der Waals surface area contributed by atoms with Crippen LogP contribution in [0.1, 0.15) is 26.2 Å². The molecule has 1 fully saturated rings. The molecule has 1 aromatic rings. The van der Waals surface area contributed by atoms with E-state index in [1.54, 1.807) is 29.4 Å². The van der Waals surface area contributed by atoms with Crippen molar-refractivity contribution in [2.24, 2.45) is 0 Å². The predicted molar refractivity (Wildman–Crippen MR) is 75.6 cm³/mol. The SMILES string of the molecule is CCN(C[C@H]1CCCCO1)C(=O)COc1cccnc1. The molecule has 0 spiro atoms. The van der Waals surface area contributed by atoms with Gasteiger partial charge in [-0.1, -0.05) is 0 Å². The van der Waals surface area contributed by atoms with Gasteiger partial charge in [0.25, 0.3) is 5.91 Å². The summed E-state index contributed by atoms with van der Waals surface area (Å²) in [5.41, 5.74) is 0. The summed E-state index contributed by atoms with van der Waals surface area (Å²) in [5, 5.41) is 0. The van der Waals surface area contributed by atoms with Gasteiger partial charge in [0, 0.05) is 25.9 Å². The van der Waals surface area contributed by atoms with Crippen molar-refractivity contribution in [1.82, 2.24) is 9.88 Å².